The van der Waals surface area contributed by atoms with Crippen LogP contribution in [-0.4, -0.2) is 76.0 Å². The molecule has 31 heavy (non-hydrogen) atoms. The van der Waals surface area contributed by atoms with Crippen LogP contribution < -0.4 is 4.74 Å². The summed E-state index contributed by atoms with van der Waals surface area (Å²) in [5.74, 6) is 1.70. The Morgan fingerprint density at radius 2 is 1.94 bits per heavy atom. The molecule has 8 heteroatoms. The topological polar surface area (TPSA) is 86.5 Å². The molecule has 3 fully saturated rings. The third-order valence-corrected chi connectivity index (χ3v) is 6.69. The van der Waals surface area contributed by atoms with Gasteiger partial charge in [0.25, 0.3) is 5.91 Å². The molecule has 2 amide bonds. The van der Waals surface area contributed by atoms with Crippen molar-refractivity contribution in [1.29, 1.82) is 0 Å². The molecular weight excluding hydrogens is 398 g/mol. The average Bonchev–Trinajstić information content (AvgIpc) is 3.32. The van der Waals surface area contributed by atoms with Gasteiger partial charge in [-0.25, -0.2) is 0 Å². The van der Waals surface area contributed by atoms with Gasteiger partial charge < -0.3 is 14.3 Å². The number of β-amino-alcohol motifs (C(OH)–C–C–N with tert-alkyl or cyclic N) is 1. The molecule has 3 aliphatic rings. The van der Waals surface area contributed by atoms with Crippen LogP contribution in [0, 0.1) is 6.92 Å². The lowest BCUT2D eigenvalue weighted by Gasteiger charge is -2.58. The second-order valence-electron chi connectivity index (χ2n) is 8.79. The average molecular weight is 425 g/mol. The van der Waals surface area contributed by atoms with Gasteiger partial charge in [-0.1, -0.05) is 18.2 Å². The number of benzene rings is 1. The number of aliphatic hydroxyl groups is 1. The van der Waals surface area contributed by atoms with E-state index in [4.69, 9.17) is 9.15 Å². The number of piperazine rings is 1. The van der Waals surface area contributed by atoms with Crippen LogP contribution in [0.4, 0.5) is 0 Å². The van der Waals surface area contributed by atoms with Gasteiger partial charge in [0.1, 0.15) is 22.8 Å². The number of fused-ring (bicyclic) bond motifs is 2. The quantitative estimate of drug-likeness (QED) is 0.720. The number of para-hydroxylation sites is 1. The van der Waals surface area contributed by atoms with Crippen molar-refractivity contribution in [2.45, 2.75) is 44.1 Å². The molecule has 8 nitrogen and oxygen atoms in total. The van der Waals surface area contributed by atoms with Gasteiger partial charge in [-0.05, 0) is 31.5 Å². The fourth-order valence-corrected chi connectivity index (χ4v) is 5.25. The van der Waals surface area contributed by atoms with Crippen LogP contribution in [0.1, 0.15) is 23.5 Å². The molecule has 0 bridgehead atoms. The Kier molecular flexibility index (Phi) is 4.88. The molecule has 164 valence electrons. The molecule has 1 aromatic carbocycles. The van der Waals surface area contributed by atoms with Crippen molar-refractivity contribution < 1.29 is 23.8 Å². The van der Waals surface area contributed by atoms with Crippen molar-refractivity contribution in [3.05, 3.63) is 53.5 Å². The van der Waals surface area contributed by atoms with Gasteiger partial charge in [0.05, 0.1) is 25.8 Å². The minimum absolute atomic E-state index is 0.125. The highest BCUT2D eigenvalue weighted by atomic mass is 16.5. The van der Waals surface area contributed by atoms with Crippen LogP contribution in [0.3, 0.4) is 0 Å². The van der Waals surface area contributed by atoms with Crippen molar-refractivity contribution >= 4 is 11.8 Å². The number of imide groups is 1. The summed E-state index contributed by atoms with van der Waals surface area (Å²) in [6, 6.07) is 11.0. The first-order chi connectivity index (χ1) is 14.9. The lowest BCUT2D eigenvalue weighted by molar-refractivity contribution is -0.181. The molecule has 0 radical (unpaired) electrons. The van der Waals surface area contributed by atoms with Crippen LogP contribution in [-0.2, 0) is 22.7 Å². The molecule has 3 aliphatic heterocycles. The molecule has 1 N–H and O–H groups in total. The number of hydrogen-bond donors (Lipinski definition) is 1. The van der Waals surface area contributed by atoms with Crippen molar-refractivity contribution in [2.75, 3.05) is 26.7 Å². The van der Waals surface area contributed by atoms with E-state index in [9.17, 15) is 14.7 Å². The summed E-state index contributed by atoms with van der Waals surface area (Å²) in [4.78, 5) is 32.2. The molecule has 0 saturated carbocycles. The summed E-state index contributed by atoms with van der Waals surface area (Å²) in [5, 5.41) is 10.3. The van der Waals surface area contributed by atoms with Gasteiger partial charge in [0.15, 0.2) is 0 Å². The number of hydrogen-bond acceptors (Lipinski definition) is 7. The molecule has 1 spiro atoms. The van der Waals surface area contributed by atoms with Gasteiger partial charge in [0, 0.05) is 31.7 Å². The van der Waals surface area contributed by atoms with E-state index in [1.165, 1.54) is 4.90 Å². The largest absolute Gasteiger partial charge is 0.496 e. The first-order valence-electron chi connectivity index (χ1n) is 10.6. The van der Waals surface area contributed by atoms with Gasteiger partial charge >= 0.3 is 0 Å². The van der Waals surface area contributed by atoms with Crippen LogP contribution in [0.5, 0.6) is 5.75 Å². The minimum atomic E-state index is -0.792. The first-order valence-corrected chi connectivity index (χ1v) is 10.6. The Hall–Kier alpha value is -2.68. The van der Waals surface area contributed by atoms with E-state index >= 15 is 0 Å². The Balaban J connectivity index is 1.39. The Bertz CT molecular complexity index is 1010. The predicted octanol–water partition coefficient (Wildman–Crippen LogP) is 1.16. The summed E-state index contributed by atoms with van der Waals surface area (Å²) in [5.41, 5.74) is 0.264. The van der Waals surface area contributed by atoms with Gasteiger partial charge in [-0.3, -0.25) is 24.3 Å². The number of carbonyl (C=O) groups is 2. The molecule has 4 heterocycles. The number of likely N-dealkylation sites (tertiary alicyclic amines) is 1. The molecule has 2 atom stereocenters. The van der Waals surface area contributed by atoms with E-state index in [-0.39, 0.29) is 18.4 Å². The van der Waals surface area contributed by atoms with Crippen LogP contribution in [0.25, 0.3) is 0 Å². The minimum Gasteiger partial charge on any atom is -0.496 e. The maximum absolute atomic E-state index is 13.6. The van der Waals surface area contributed by atoms with Crippen molar-refractivity contribution in [3.8, 4) is 5.75 Å². The van der Waals surface area contributed by atoms with E-state index in [1.807, 2.05) is 42.2 Å². The lowest BCUT2D eigenvalue weighted by atomic mass is 9.82. The van der Waals surface area contributed by atoms with E-state index in [0.717, 1.165) is 17.1 Å². The van der Waals surface area contributed by atoms with Gasteiger partial charge in [-0.15, -0.1) is 0 Å². The summed E-state index contributed by atoms with van der Waals surface area (Å²) in [6.45, 7) is 3.98. The molecule has 2 aromatic rings. The zero-order chi connectivity index (χ0) is 21.8. The first kappa shape index (κ1) is 20.2. The highest BCUT2D eigenvalue weighted by molar-refractivity contribution is 6.06. The van der Waals surface area contributed by atoms with E-state index in [0.29, 0.717) is 38.4 Å². The summed E-state index contributed by atoms with van der Waals surface area (Å²) < 4.78 is 11.1. The summed E-state index contributed by atoms with van der Waals surface area (Å²) in [7, 11) is 1.65. The van der Waals surface area contributed by atoms with Crippen LogP contribution in [0.15, 0.2) is 40.8 Å². The fourth-order valence-electron chi connectivity index (χ4n) is 5.25. The van der Waals surface area contributed by atoms with Crippen molar-refractivity contribution in [2.24, 2.45) is 0 Å². The Morgan fingerprint density at radius 3 is 2.65 bits per heavy atom. The maximum atomic E-state index is 13.6. The summed E-state index contributed by atoms with van der Waals surface area (Å²) in [6.07, 6.45) is -0.249. The number of amides is 2. The zero-order valence-electron chi connectivity index (χ0n) is 17.8. The standard InChI is InChI=1S/C23H27N3O5/c1-15-7-8-18(31-15)12-25-21(28)19-9-17(27)11-26(19)23(22(25)29)13-24(14-23)10-16-5-3-4-6-20(16)30-2/h3-8,17,19,27H,9-14H2,1-2H3/t17-,19+/m1/s1. The summed E-state index contributed by atoms with van der Waals surface area (Å²) >= 11 is 0. The third-order valence-electron chi connectivity index (χ3n) is 6.69. The highest BCUT2D eigenvalue weighted by Crippen LogP contribution is 2.41. The number of aryl methyl sites for hydroxylation is 1. The molecule has 1 aromatic heterocycles. The molecule has 3 saturated heterocycles. The smallest absolute Gasteiger partial charge is 0.252 e. The molecule has 0 unspecified atom stereocenters. The maximum Gasteiger partial charge on any atom is 0.252 e. The van der Waals surface area contributed by atoms with Gasteiger partial charge in [0.2, 0.25) is 5.91 Å². The van der Waals surface area contributed by atoms with E-state index < -0.39 is 17.7 Å². The monoisotopic (exact) mass is 425 g/mol. The van der Waals surface area contributed by atoms with Gasteiger partial charge in [-0.2, -0.15) is 0 Å². The second-order valence-corrected chi connectivity index (χ2v) is 8.79. The zero-order valence-corrected chi connectivity index (χ0v) is 17.8. The lowest BCUT2D eigenvalue weighted by Crippen LogP contribution is -2.81. The SMILES string of the molecule is COc1ccccc1CN1CC2(C1)C(=O)N(Cc1ccc(C)o1)C(=O)[C@@H]1C[C@@H](O)CN12. The molecule has 0 aliphatic carbocycles. The number of carbonyl (C=O) groups excluding carboxylic acids is 2. The normalized spacial score (nSPS) is 25.7. The Morgan fingerprint density at radius 1 is 1.16 bits per heavy atom. The van der Waals surface area contributed by atoms with Crippen molar-refractivity contribution in [3.63, 3.8) is 0 Å². The number of furan rings is 1. The number of methoxy groups -OCH3 is 1. The second kappa shape index (κ2) is 7.47. The fraction of sp³-hybridized carbons (Fsp3) is 0.478. The number of ether oxygens (including phenoxy) is 1. The van der Waals surface area contributed by atoms with E-state index in [2.05, 4.69) is 4.90 Å². The van der Waals surface area contributed by atoms with E-state index in [1.54, 1.807) is 13.2 Å². The van der Waals surface area contributed by atoms with Crippen LogP contribution in [0.2, 0.25) is 0 Å². The van der Waals surface area contributed by atoms with Crippen LogP contribution >= 0.6 is 0 Å². The molecule has 5 rings (SSSR count). The predicted molar refractivity (Wildman–Crippen MR) is 111 cm³/mol. The third kappa shape index (κ3) is 3.26. The molecular formula is C23H27N3O5. The van der Waals surface area contributed by atoms with Crippen molar-refractivity contribution in [1.82, 2.24) is 14.7 Å². The number of nitrogens with zero attached hydrogens (tertiary/aromatic N) is 3. The Labute approximate surface area is 181 Å². The number of rotatable bonds is 5. The number of aliphatic hydroxyl groups excluding tert-OH is 1. The highest BCUT2D eigenvalue weighted by Gasteiger charge is 2.64.